The van der Waals surface area contributed by atoms with E-state index in [0.717, 1.165) is 11.5 Å². The van der Waals surface area contributed by atoms with Gasteiger partial charge < -0.3 is 10.2 Å². The van der Waals surface area contributed by atoms with Crippen LogP contribution in [0.1, 0.15) is 13.8 Å². The smallest absolute Gasteiger partial charge is 0.226 e. The van der Waals surface area contributed by atoms with E-state index in [2.05, 4.69) is 25.6 Å². The van der Waals surface area contributed by atoms with Gasteiger partial charge in [-0.25, -0.2) is 14.6 Å². The average molecular weight is 275 g/mol. The number of nitrogens with zero attached hydrogens (tertiary/aromatic N) is 6. The Kier molecular flexibility index (Phi) is 3.21. The fraction of sp³-hybridized carbons (Fsp3) is 0.583. The van der Waals surface area contributed by atoms with Gasteiger partial charge in [-0.05, 0) is 13.8 Å². The zero-order chi connectivity index (χ0) is 14.1. The van der Waals surface area contributed by atoms with Crippen molar-refractivity contribution in [3.05, 3.63) is 6.33 Å². The number of carbonyl (C=O) groups excluding carboxylic acids is 1. The van der Waals surface area contributed by atoms with E-state index in [1.165, 1.54) is 6.33 Å². The average Bonchev–Trinajstić information content (AvgIpc) is 2.81. The van der Waals surface area contributed by atoms with Crippen LogP contribution in [0.4, 0.5) is 5.82 Å². The van der Waals surface area contributed by atoms with Crippen LogP contribution in [-0.4, -0.2) is 50.5 Å². The van der Waals surface area contributed by atoms with Crippen LogP contribution in [-0.2, 0) is 11.3 Å². The first-order valence-corrected chi connectivity index (χ1v) is 6.81. The van der Waals surface area contributed by atoms with Gasteiger partial charge in [0.15, 0.2) is 17.0 Å². The van der Waals surface area contributed by atoms with Gasteiger partial charge in [-0.2, -0.15) is 0 Å². The SMILES string of the molecule is CCNC(=O)C1CN(c2ncnc3c2nnn3CC)C1. The molecule has 2 aromatic rings. The Bertz CT molecular complexity index is 632. The molecule has 2 aromatic heterocycles. The van der Waals surface area contributed by atoms with Gasteiger partial charge in [0, 0.05) is 26.2 Å². The molecule has 0 atom stereocenters. The predicted octanol–water partition coefficient (Wildman–Crippen LogP) is -0.187. The highest BCUT2D eigenvalue weighted by Gasteiger charge is 2.34. The molecule has 3 heterocycles. The normalized spacial score (nSPS) is 15.4. The summed E-state index contributed by atoms with van der Waals surface area (Å²) >= 11 is 0. The van der Waals surface area contributed by atoms with Crippen LogP contribution in [0.25, 0.3) is 11.2 Å². The largest absolute Gasteiger partial charge is 0.356 e. The van der Waals surface area contributed by atoms with Crippen LogP contribution in [0.15, 0.2) is 6.33 Å². The molecule has 1 N–H and O–H groups in total. The van der Waals surface area contributed by atoms with Crippen LogP contribution in [0.3, 0.4) is 0 Å². The molecule has 0 aromatic carbocycles. The van der Waals surface area contributed by atoms with Crippen LogP contribution >= 0.6 is 0 Å². The van der Waals surface area contributed by atoms with Crippen molar-refractivity contribution < 1.29 is 4.79 Å². The van der Waals surface area contributed by atoms with Gasteiger partial charge in [0.2, 0.25) is 5.91 Å². The summed E-state index contributed by atoms with van der Waals surface area (Å²) in [5, 5.41) is 11.0. The van der Waals surface area contributed by atoms with Crippen LogP contribution in [0.5, 0.6) is 0 Å². The molecular formula is C12H17N7O. The minimum Gasteiger partial charge on any atom is -0.356 e. The highest BCUT2D eigenvalue weighted by atomic mass is 16.2. The van der Waals surface area contributed by atoms with E-state index < -0.39 is 0 Å². The first-order valence-electron chi connectivity index (χ1n) is 6.81. The number of anilines is 1. The van der Waals surface area contributed by atoms with E-state index in [1.807, 2.05) is 18.7 Å². The number of hydrogen-bond donors (Lipinski definition) is 1. The van der Waals surface area contributed by atoms with Crippen molar-refractivity contribution in [3.8, 4) is 0 Å². The van der Waals surface area contributed by atoms with Gasteiger partial charge in [0.05, 0.1) is 5.92 Å². The molecule has 0 aliphatic carbocycles. The maximum absolute atomic E-state index is 11.7. The van der Waals surface area contributed by atoms with E-state index in [0.29, 0.717) is 31.7 Å². The lowest BCUT2D eigenvalue weighted by molar-refractivity contribution is -0.125. The molecule has 1 saturated heterocycles. The Morgan fingerprint density at radius 3 is 2.90 bits per heavy atom. The van der Waals surface area contributed by atoms with Crippen LogP contribution in [0.2, 0.25) is 0 Å². The monoisotopic (exact) mass is 275 g/mol. The van der Waals surface area contributed by atoms with Crippen molar-refractivity contribution in [2.45, 2.75) is 20.4 Å². The third-order valence-corrected chi connectivity index (χ3v) is 3.48. The van der Waals surface area contributed by atoms with Crippen molar-refractivity contribution in [3.63, 3.8) is 0 Å². The summed E-state index contributed by atoms with van der Waals surface area (Å²) in [4.78, 5) is 22.3. The molecule has 1 aliphatic heterocycles. The fourth-order valence-electron chi connectivity index (χ4n) is 2.36. The molecule has 0 radical (unpaired) electrons. The summed E-state index contributed by atoms with van der Waals surface area (Å²) in [5.41, 5.74) is 1.43. The standard InChI is InChI=1S/C12H17N7O/c1-3-13-12(20)8-5-18(6-8)10-9-11(15-7-14-10)19(4-2)17-16-9/h7-8H,3-6H2,1-2H3,(H,13,20). The maximum Gasteiger partial charge on any atom is 0.226 e. The molecule has 0 saturated carbocycles. The first-order chi connectivity index (χ1) is 9.74. The molecule has 8 nitrogen and oxygen atoms in total. The molecular weight excluding hydrogens is 258 g/mol. The summed E-state index contributed by atoms with van der Waals surface area (Å²) in [6, 6.07) is 0. The lowest BCUT2D eigenvalue weighted by Crippen LogP contribution is -2.54. The second-order valence-electron chi connectivity index (χ2n) is 4.77. The van der Waals surface area contributed by atoms with Gasteiger partial charge in [-0.3, -0.25) is 4.79 Å². The number of carbonyl (C=O) groups is 1. The van der Waals surface area contributed by atoms with Crippen LogP contribution < -0.4 is 10.2 Å². The van der Waals surface area contributed by atoms with E-state index in [9.17, 15) is 4.79 Å². The number of aromatic nitrogens is 5. The summed E-state index contributed by atoms with van der Waals surface area (Å²) in [7, 11) is 0. The maximum atomic E-state index is 11.7. The Morgan fingerprint density at radius 1 is 1.40 bits per heavy atom. The third-order valence-electron chi connectivity index (χ3n) is 3.48. The number of aryl methyl sites for hydroxylation is 1. The number of amides is 1. The number of fused-ring (bicyclic) bond motifs is 1. The van der Waals surface area contributed by atoms with Gasteiger partial charge in [0.1, 0.15) is 6.33 Å². The number of hydrogen-bond acceptors (Lipinski definition) is 6. The van der Waals surface area contributed by atoms with Gasteiger partial charge in [-0.15, -0.1) is 5.10 Å². The number of rotatable bonds is 4. The predicted molar refractivity (Wildman–Crippen MR) is 73.2 cm³/mol. The topological polar surface area (TPSA) is 88.8 Å². The van der Waals surface area contributed by atoms with E-state index >= 15 is 0 Å². The van der Waals surface area contributed by atoms with Crippen molar-refractivity contribution in [1.29, 1.82) is 0 Å². The highest BCUT2D eigenvalue weighted by Crippen LogP contribution is 2.27. The number of nitrogens with one attached hydrogen (secondary N) is 1. The summed E-state index contributed by atoms with van der Waals surface area (Å²) < 4.78 is 1.74. The van der Waals surface area contributed by atoms with Gasteiger partial charge in [0.25, 0.3) is 0 Å². The molecule has 20 heavy (non-hydrogen) atoms. The van der Waals surface area contributed by atoms with Crippen molar-refractivity contribution in [2.24, 2.45) is 5.92 Å². The highest BCUT2D eigenvalue weighted by molar-refractivity contribution is 5.86. The van der Waals surface area contributed by atoms with Crippen molar-refractivity contribution in [2.75, 3.05) is 24.5 Å². The first kappa shape index (κ1) is 12.8. The minimum absolute atomic E-state index is 0.0289. The Labute approximate surface area is 116 Å². The fourth-order valence-corrected chi connectivity index (χ4v) is 2.36. The Morgan fingerprint density at radius 2 is 2.20 bits per heavy atom. The lowest BCUT2D eigenvalue weighted by atomic mass is 9.99. The summed E-state index contributed by atoms with van der Waals surface area (Å²) in [6.45, 7) is 6.62. The molecule has 0 bridgehead atoms. The summed E-state index contributed by atoms with van der Waals surface area (Å²) in [6.07, 6.45) is 1.52. The zero-order valence-electron chi connectivity index (χ0n) is 11.6. The quantitative estimate of drug-likeness (QED) is 0.832. The van der Waals surface area contributed by atoms with E-state index in [4.69, 9.17) is 0 Å². The zero-order valence-corrected chi connectivity index (χ0v) is 11.6. The third kappa shape index (κ3) is 1.97. The molecule has 0 unspecified atom stereocenters. The lowest BCUT2D eigenvalue weighted by Gasteiger charge is -2.38. The molecule has 1 aliphatic rings. The molecule has 3 rings (SSSR count). The second kappa shape index (κ2) is 5.03. The molecule has 0 spiro atoms. The van der Waals surface area contributed by atoms with E-state index in [-0.39, 0.29) is 11.8 Å². The summed E-state index contributed by atoms with van der Waals surface area (Å²) in [5.74, 6) is 0.891. The van der Waals surface area contributed by atoms with Crippen LogP contribution in [0, 0.1) is 5.92 Å². The Hall–Kier alpha value is -2.25. The second-order valence-corrected chi connectivity index (χ2v) is 4.77. The molecule has 1 amide bonds. The molecule has 1 fully saturated rings. The molecule has 8 heteroatoms. The van der Waals surface area contributed by atoms with Gasteiger partial charge in [-0.1, -0.05) is 5.21 Å². The molecule has 106 valence electrons. The Balaban J connectivity index is 1.80. The van der Waals surface area contributed by atoms with E-state index in [1.54, 1.807) is 4.68 Å². The minimum atomic E-state index is 0.0289. The van der Waals surface area contributed by atoms with Crippen molar-refractivity contribution >= 4 is 22.9 Å². The van der Waals surface area contributed by atoms with Crippen molar-refractivity contribution in [1.82, 2.24) is 30.3 Å². The van der Waals surface area contributed by atoms with Gasteiger partial charge >= 0.3 is 0 Å².